The van der Waals surface area contributed by atoms with Crippen molar-refractivity contribution < 1.29 is 4.74 Å². The molecule has 1 aromatic carbocycles. The second-order valence-corrected chi connectivity index (χ2v) is 4.61. The van der Waals surface area contributed by atoms with Gasteiger partial charge < -0.3 is 10.5 Å². The zero-order chi connectivity index (χ0) is 11.0. The Morgan fingerprint density at radius 1 is 1.40 bits per heavy atom. The molecule has 0 aliphatic carbocycles. The molecular weight excluding hydrogens is 186 g/mol. The van der Waals surface area contributed by atoms with E-state index in [0.717, 1.165) is 18.8 Å². The highest BCUT2D eigenvalue weighted by Crippen LogP contribution is 2.39. The Balaban J connectivity index is 2.58. The van der Waals surface area contributed by atoms with Gasteiger partial charge in [0.05, 0.1) is 6.61 Å². The van der Waals surface area contributed by atoms with E-state index in [9.17, 15) is 0 Å². The first kappa shape index (κ1) is 10.5. The summed E-state index contributed by atoms with van der Waals surface area (Å²) in [4.78, 5) is 0. The Bertz CT molecular complexity index is 371. The van der Waals surface area contributed by atoms with Crippen LogP contribution in [0.3, 0.4) is 0 Å². The quantitative estimate of drug-likeness (QED) is 0.765. The highest BCUT2D eigenvalue weighted by atomic mass is 16.5. The van der Waals surface area contributed by atoms with Gasteiger partial charge in [-0.05, 0) is 24.0 Å². The molecule has 0 saturated carbocycles. The van der Waals surface area contributed by atoms with E-state index in [2.05, 4.69) is 32.9 Å². The lowest BCUT2D eigenvalue weighted by atomic mass is 9.90. The van der Waals surface area contributed by atoms with Crippen molar-refractivity contribution >= 4 is 0 Å². The molecule has 2 rings (SSSR count). The van der Waals surface area contributed by atoms with Crippen molar-refractivity contribution in [2.45, 2.75) is 39.2 Å². The number of fused-ring (bicyclic) bond motifs is 1. The van der Waals surface area contributed by atoms with Crippen LogP contribution in [-0.2, 0) is 0 Å². The standard InChI is InChI=1S/C13H19NO/c1-8(2)10-5-4-9(3)12-11(14)6-7-15-13(10)12/h4-5,8,11H,6-7,14H2,1-3H3/t11-/m0/s1. The first-order chi connectivity index (χ1) is 7.11. The minimum Gasteiger partial charge on any atom is -0.493 e. The second-order valence-electron chi connectivity index (χ2n) is 4.61. The molecule has 0 radical (unpaired) electrons. The minimum atomic E-state index is 0.146. The van der Waals surface area contributed by atoms with Crippen molar-refractivity contribution in [2.75, 3.05) is 6.61 Å². The molecule has 0 aromatic heterocycles. The fourth-order valence-electron chi connectivity index (χ4n) is 2.22. The summed E-state index contributed by atoms with van der Waals surface area (Å²) in [5, 5.41) is 0. The van der Waals surface area contributed by atoms with Crippen LogP contribution < -0.4 is 10.5 Å². The molecule has 2 heteroatoms. The number of nitrogens with two attached hydrogens (primary N) is 1. The summed E-state index contributed by atoms with van der Waals surface area (Å²) in [5.41, 5.74) is 9.89. The van der Waals surface area contributed by atoms with Gasteiger partial charge in [-0.15, -0.1) is 0 Å². The Labute approximate surface area is 91.4 Å². The Morgan fingerprint density at radius 2 is 2.13 bits per heavy atom. The third-order valence-corrected chi connectivity index (χ3v) is 3.11. The maximum atomic E-state index is 6.14. The summed E-state index contributed by atoms with van der Waals surface area (Å²) in [6.07, 6.45) is 0.926. The summed E-state index contributed by atoms with van der Waals surface area (Å²) in [6, 6.07) is 4.46. The predicted molar refractivity (Wildman–Crippen MR) is 62.3 cm³/mol. The van der Waals surface area contributed by atoms with Crippen LogP contribution in [-0.4, -0.2) is 6.61 Å². The Morgan fingerprint density at radius 3 is 2.80 bits per heavy atom. The molecular formula is C13H19NO. The number of aryl methyl sites for hydroxylation is 1. The zero-order valence-electron chi connectivity index (χ0n) is 9.71. The van der Waals surface area contributed by atoms with E-state index in [4.69, 9.17) is 10.5 Å². The summed E-state index contributed by atoms with van der Waals surface area (Å²) >= 11 is 0. The molecule has 15 heavy (non-hydrogen) atoms. The summed E-state index contributed by atoms with van der Waals surface area (Å²) in [6.45, 7) is 7.23. The maximum absolute atomic E-state index is 6.14. The predicted octanol–water partition coefficient (Wildman–Crippen LogP) is 2.90. The maximum Gasteiger partial charge on any atom is 0.127 e. The van der Waals surface area contributed by atoms with Crippen LogP contribution in [0.15, 0.2) is 12.1 Å². The Hall–Kier alpha value is -1.02. The molecule has 82 valence electrons. The normalized spacial score (nSPS) is 19.9. The molecule has 0 amide bonds. The lowest BCUT2D eigenvalue weighted by Crippen LogP contribution is -2.22. The fraction of sp³-hybridized carbons (Fsp3) is 0.538. The number of hydrogen-bond acceptors (Lipinski definition) is 2. The lowest BCUT2D eigenvalue weighted by Gasteiger charge is -2.28. The van der Waals surface area contributed by atoms with Crippen LogP contribution in [0.5, 0.6) is 5.75 Å². The van der Waals surface area contributed by atoms with E-state index in [-0.39, 0.29) is 6.04 Å². The largest absolute Gasteiger partial charge is 0.493 e. The summed E-state index contributed by atoms with van der Waals surface area (Å²) < 4.78 is 5.79. The number of benzene rings is 1. The fourth-order valence-corrected chi connectivity index (χ4v) is 2.22. The van der Waals surface area contributed by atoms with Crippen molar-refractivity contribution in [2.24, 2.45) is 5.73 Å². The van der Waals surface area contributed by atoms with Crippen LogP contribution in [0, 0.1) is 6.92 Å². The molecule has 0 bridgehead atoms. The third kappa shape index (κ3) is 1.74. The van der Waals surface area contributed by atoms with E-state index in [1.807, 2.05) is 0 Å². The van der Waals surface area contributed by atoms with Crippen molar-refractivity contribution in [1.82, 2.24) is 0 Å². The Kier molecular flexibility index (Phi) is 2.70. The van der Waals surface area contributed by atoms with Gasteiger partial charge in [0.15, 0.2) is 0 Å². The topological polar surface area (TPSA) is 35.2 Å². The van der Waals surface area contributed by atoms with Gasteiger partial charge in [-0.1, -0.05) is 26.0 Å². The molecule has 2 nitrogen and oxygen atoms in total. The SMILES string of the molecule is Cc1ccc(C(C)C)c2c1[C@@H](N)CCO2. The third-order valence-electron chi connectivity index (χ3n) is 3.11. The molecule has 0 fully saturated rings. The molecule has 1 heterocycles. The van der Waals surface area contributed by atoms with Crippen LogP contribution in [0.2, 0.25) is 0 Å². The van der Waals surface area contributed by atoms with Crippen LogP contribution in [0.4, 0.5) is 0 Å². The van der Waals surface area contributed by atoms with E-state index in [1.165, 1.54) is 16.7 Å². The average Bonchev–Trinajstić information content (AvgIpc) is 2.17. The van der Waals surface area contributed by atoms with Gasteiger partial charge in [-0.2, -0.15) is 0 Å². The molecule has 1 atom stereocenters. The van der Waals surface area contributed by atoms with Crippen LogP contribution in [0.1, 0.15) is 48.9 Å². The first-order valence-corrected chi connectivity index (χ1v) is 5.63. The van der Waals surface area contributed by atoms with E-state index >= 15 is 0 Å². The highest BCUT2D eigenvalue weighted by Gasteiger charge is 2.23. The van der Waals surface area contributed by atoms with Gasteiger partial charge in [0.1, 0.15) is 5.75 Å². The molecule has 1 aliphatic rings. The molecule has 0 unspecified atom stereocenters. The van der Waals surface area contributed by atoms with Gasteiger partial charge in [-0.25, -0.2) is 0 Å². The van der Waals surface area contributed by atoms with Crippen molar-refractivity contribution in [3.63, 3.8) is 0 Å². The van der Waals surface area contributed by atoms with Crippen LogP contribution in [0.25, 0.3) is 0 Å². The monoisotopic (exact) mass is 205 g/mol. The highest BCUT2D eigenvalue weighted by molar-refractivity contribution is 5.50. The molecule has 0 spiro atoms. The number of rotatable bonds is 1. The van der Waals surface area contributed by atoms with Crippen LogP contribution >= 0.6 is 0 Å². The summed E-state index contributed by atoms with van der Waals surface area (Å²) in [5.74, 6) is 1.54. The van der Waals surface area contributed by atoms with Gasteiger partial charge in [0, 0.05) is 18.0 Å². The smallest absolute Gasteiger partial charge is 0.127 e. The average molecular weight is 205 g/mol. The van der Waals surface area contributed by atoms with E-state index in [0.29, 0.717) is 5.92 Å². The lowest BCUT2D eigenvalue weighted by molar-refractivity contribution is 0.264. The molecule has 0 saturated heterocycles. The van der Waals surface area contributed by atoms with Gasteiger partial charge in [0.2, 0.25) is 0 Å². The second kappa shape index (κ2) is 3.86. The molecule has 2 N–H and O–H groups in total. The van der Waals surface area contributed by atoms with Crippen molar-refractivity contribution in [3.8, 4) is 5.75 Å². The summed E-state index contributed by atoms with van der Waals surface area (Å²) in [7, 11) is 0. The van der Waals surface area contributed by atoms with Crippen molar-refractivity contribution in [1.29, 1.82) is 0 Å². The zero-order valence-corrected chi connectivity index (χ0v) is 9.71. The van der Waals surface area contributed by atoms with Gasteiger partial charge in [0.25, 0.3) is 0 Å². The number of ether oxygens (including phenoxy) is 1. The van der Waals surface area contributed by atoms with Crippen molar-refractivity contribution in [3.05, 3.63) is 28.8 Å². The van der Waals surface area contributed by atoms with E-state index < -0.39 is 0 Å². The minimum absolute atomic E-state index is 0.146. The first-order valence-electron chi connectivity index (χ1n) is 5.63. The van der Waals surface area contributed by atoms with E-state index in [1.54, 1.807) is 0 Å². The molecule has 1 aromatic rings. The van der Waals surface area contributed by atoms with Gasteiger partial charge >= 0.3 is 0 Å². The van der Waals surface area contributed by atoms with Gasteiger partial charge in [-0.3, -0.25) is 0 Å². The number of hydrogen-bond donors (Lipinski definition) is 1. The molecule has 1 aliphatic heterocycles.